The first-order valence-electron chi connectivity index (χ1n) is 26.2. The predicted octanol–water partition coefficient (Wildman–Crippen LogP) is 7.40. The van der Waals surface area contributed by atoms with Gasteiger partial charge >= 0.3 is 7.12 Å². The number of benzene rings is 2. The standard InChI is InChI=1S/C55H82BN5O9/c1-7-8-14-37-19-21-38(22-20-37)39-23-25-40(26-24-39)46(63)18-13-16-43(62)31-41(15-9-11-27-57)53(68)60-44(17-10-12-28-58)47(64)29-35(2)52(67)61-45(34-51(59)66)48(65)30-36(3)56-69-50-33-42-32-49(54(42,4)5)55(50,6)70-56/h19-26,35-36,41-42,44-45,49-50H,7-18,27-34,57-58H2,1-6H3,(H2,59,66)(H,60,68)(H,61,67)/t35-,36-,41-,42+,44+,45+,49+,50?,55+/m1/s1. The molecule has 1 aliphatic heterocycles. The molecule has 4 aliphatic rings. The lowest BCUT2D eigenvalue weighted by atomic mass is 9.43. The monoisotopic (exact) mass is 968 g/mol. The molecule has 9 atom stereocenters. The van der Waals surface area contributed by atoms with Crippen LogP contribution in [0.2, 0.25) is 5.82 Å². The number of carbonyl (C=O) groups excluding carboxylic acids is 7. The fraction of sp³-hybridized carbons (Fsp3) is 0.655. The molecule has 3 saturated carbocycles. The van der Waals surface area contributed by atoms with E-state index in [0.29, 0.717) is 69.0 Å². The van der Waals surface area contributed by atoms with Crippen LogP contribution in [-0.2, 0) is 44.5 Å². The van der Waals surface area contributed by atoms with E-state index in [1.54, 1.807) is 6.92 Å². The number of hydrogen-bond donors (Lipinski definition) is 5. The quantitative estimate of drug-likeness (QED) is 0.0275. The summed E-state index contributed by atoms with van der Waals surface area (Å²) in [6.45, 7) is 13.1. The Bertz CT molecular complexity index is 2110. The van der Waals surface area contributed by atoms with Crippen LogP contribution in [0, 0.1) is 29.1 Å². The minimum Gasteiger partial charge on any atom is -0.405 e. The fourth-order valence-electron chi connectivity index (χ4n) is 11.0. The Balaban J connectivity index is 1.13. The molecule has 0 spiro atoms. The molecule has 384 valence electrons. The Morgan fingerprint density at radius 3 is 1.94 bits per heavy atom. The number of primary amides is 1. The van der Waals surface area contributed by atoms with E-state index >= 15 is 0 Å². The average molecular weight is 968 g/mol. The Hall–Kier alpha value is -4.57. The largest absolute Gasteiger partial charge is 0.461 e. The molecule has 1 heterocycles. The summed E-state index contributed by atoms with van der Waals surface area (Å²) < 4.78 is 13.0. The number of Topliss-reactive ketones (excluding diaryl/α,β-unsaturated/α-hetero) is 4. The molecule has 8 N–H and O–H groups in total. The lowest BCUT2D eigenvalue weighted by molar-refractivity contribution is -0.199. The van der Waals surface area contributed by atoms with Gasteiger partial charge in [-0.2, -0.15) is 0 Å². The van der Waals surface area contributed by atoms with Crippen LogP contribution in [0.3, 0.4) is 0 Å². The summed E-state index contributed by atoms with van der Waals surface area (Å²) in [4.78, 5) is 93.9. The van der Waals surface area contributed by atoms with Crippen molar-refractivity contribution in [2.24, 2.45) is 46.3 Å². The average Bonchev–Trinajstić information content (AvgIpc) is 3.70. The first-order chi connectivity index (χ1) is 33.3. The van der Waals surface area contributed by atoms with E-state index in [1.807, 2.05) is 31.2 Å². The van der Waals surface area contributed by atoms with Gasteiger partial charge in [0.25, 0.3) is 0 Å². The van der Waals surface area contributed by atoms with Crippen LogP contribution in [-0.4, -0.2) is 84.9 Å². The summed E-state index contributed by atoms with van der Waals surface area (Å²) in [5, 5.41) is 5.58. The number of rotatable bonds is 32. The highest BCUT2D eigenvalue weighted by Gasteiger charge is 2.68. The van der Waals surface area contributed by atoms with Crippen molar-refractivity contribution in [3.05, 3.63) is 59.7 Å². The third-order valence-corrected chi connectivity index (χ3v) is 15.7. The van der Waals surface area contributed by atoms with E-state index in [1.165, 1.54) is 5.56 Å². The molecule has 15 heteroatoms. The van der Waals surface area contributed by atoms with Gasteiger partial charge in [0.15, 0.2) is 17.3 Å². The van der Waals surface area contributed by atoms with Gasteiger partial charge in [-0.3, -0.25) is 33.6 Å². The normalized spacial score (nSPS) is 22.1. The van der Waals surface area contributed by atoms with Crippen molar-refractivity contribution >= 4 is 48.0 Å². The molecule has 4 fully saturated rings. The summed E-state index contributed by atoms with van der Waals surface area (Å²) in [5.41, 5.74) is 20.8. The number of ketones is 4. The van der Waals surface area contributed by atoms with Crippen LogP contribution < -0.4 is 27.8 Å². The second-order valence-corrected chi connectivity index (χ2v) is 21.5. The number of aryl methyl sites for hydroxylation is 1. The third-order valence-electron chi connectivity index (χ3n) is 15.7. The van der Waals surface area contributed by atoms with Gasteiger partial charge in [-0.25, -0.2) is 0 Å². The predicted molar refractivity (Wildman–Crippen MR) is 273 cm³/mol. The molecule has 0 aromatic heterocycles. The fourth-order valence-corrected chi connectivity index (χ4v) is 11.0. The summed E-state index contributed by atoms with van der Waals surface area (Å²) in [6.07, 6.45) is 8.25. The minimum atomic E-state index is -1.21. The van der Waals surface area contributed by atoms with Crippen molar-refractivity contribution in [3.8, 4) is 11.1 Å². The van der Waals surface area contributed by atoms with Gasteiger partial charge in [0, 0.05) is 49.5 Å². The van der Waals surface area contributed by atoms with Gasteiger partial charge in [0.1, 0.15) is 5.78 Å². The van der Waals surface area contributed by atoms with Crippen molar-refractivity contribution < 1.29 is 42.9 Å². The molecule has 2 aromatic carbocycles. The Kier molecular flexibility index (Phi) is 21.1. The Labute approximate surface area is 417 Å². The van der Waals surface area contributed by atoms with Crippen LogP contribution in [0.15, 0.2) is 48.5 Å². The third kappa shape index (κ3) is 15.0. The zero-order chi connectivity index (χ0) is 51.2. The molecule has 1 saturated heterocycles. The van der Waals surface area contributed by atoms with E-state index in [9.17, 15) is 33.6 Å². The van der Waals surface area contributed by atoms with Gasteiger partial charge in [-0.05, 0) is 124 Å². The van der Waals surface area contributed by atoms with Gasteiger partial charge < -0.3 is 37.1 Å². The van der Waals surface area contributed by atoms with Gasteiger partial charge in [0.2, 0.25) is 17.7 Å². The highest BCUT2D eigenvalue weighted by Crippen LogP contribution is 2.66. The first kappa shape index (κ1) is 56.4. The van der Waals surface area contributed by atoms with Crippen molar-refractivity contribution in [3.63, 3.8) is 0 Å². The number of nitrogens with one attached hydrogen (secondary N) is 2. The molecule has 14 nitrogen and oxygen atoms in total. The lowest BCUT2D eigenvalue weighted by Gasteiger charge is -2.64. The highest BCUT2D eigenvalue weighted by atomic mass is 16.7. The zero-order valence-corrected chi connectivity index (χ0v) is 42.9. The second-order valence-electron chi connectivity index (χ2n) is 21.5. The number of carbonyl (C=O) groups is 7. The summed E-state index contributed by atoms with van der Waals surface area (Å²) in [7, 11) is -0.616. The second kappa shape index (κ2) is 26.2. The topological polar surface area (TPSA) is 240 Å². The van der Waals surface area contributed by atoms with E-state index in [4.69, 9.17) is 26.5 Å². The maximum Gasteiger partial charge on any atom is 0.461 e. The highest BCUT2D eigenvalue weighted by molar-refractivity contribution is 6.47. The number of nitrogens with two attached hydrogens (primary N) is 3. The first-order valence-corrected chi connectivity index (χ1v) is 26.2. The molecule has 2 aromatic rings. The SMILES string of the molecule is CCCCc1ccc(-c2ccc(C(=O)CCCC(=O)C[C@@H](CCCCN)C(=O)N[C@@H](CCCCN)C(=O)C[C@@H](C)C(=O)N[C@@H](CC(N)=O)C(=O)C[C@@H](C)B3OC4C[C@@H]5C[C@@H](C5(C)C)[C@]4(C)O3)cc2)cc1. The van der Waals surface area contributed by atoms with Gasteiger partial charge in [-0.1, -0.05) is 96.0 Å². The summed E-state index contributed by atoms with van der Waals surface area (Å²) >= 11 is 0. The van der Waals surface area contributed by atoms with Crippen LogP contribution >= 0.6 is 0 Å². The summed E-state index contributed by atoms with van der Waals surface area (Å²) in [6, 6.07) is 13.9. The van der Waals surface area contributed by atoms with E-state index < -0.39 is 66.6 Å². The number of hydrogen-bond acceptors (Lipinski definition) is 11. The minimum absolute atomic E-state index is 0.0251. The van der Waals surface area contributed by atoms with E-state index in [0.717, 1.165) is 43.2 Å². The van der Waals surface area contributed by atoms with E-state index in [2.05, 4.69) is 62.6 Å². The van der Waals surface area contributed by atoms with Crippen LogP contribution in [0.1, 0.15) is 167 Å². The molecule has 2 bridgehead atoms. The Morgan fingerprint density at radius 2 is 1.33 bits per heavy atom. The molecule has 70 heavy (non-hydrogen) atoms. The van der Waals surface area contributed by atoms with Crippen molar-refractivity contribution in [2.45, 2.75) is 187 Å². The van der Waals surface area contributed by atoms with Crippen LogP contribution in [0.25, 0.3) is 11.1 Å². The van der Waals surface area contributed by atoms with Crippen LogP contribution in [0.4, 0.5) is 0 Å². The number of amides is 3. The smallest absolute Gasteiger partial charge is 0.405 e. The maximum absolute atomic E-state index is 13.9. The maximum atomic E-state index is 13.9. The molecular formula is C55H82BN5O9. The lowest BCUT2D eigenvalue weighted by Crippen LogP contribution is -2.65. The van der Waals surface area contributed by atoms with Crippen molar-refractivity contribution in [1.82, 2.24) is 10.6 Å². The zero-order valence-electron chi connectivity index (χ0n) is 42.9. The van der Waals surface area contributed by atoms with E-state index in [-0.39, 0.29) is 73.2 Å². The molecule has 6 rings (SSSR count). The Morgan fingerprint density at radius 1 is 0.714 bits per heavy atom. The summed E-state index contributed by atoms with van der Waals surface area (Å²) in [5.74, 6) is -3.89. The van der Waals surface area contributed by atoms with Crippen molar-refractivity contribution in [2.75, 3.05) is 13.1 Å². The number of unbranched alkanes of at least 4 members (excludes halogenated alkanes) is 3. The van der Waals surface area contributed by atoms with Crippen LogP contribution in [0.5, 0.6) is 0 Å². The molecule has 1 unspecified atom stereocenters. The molecular weight excluding hydrogens is 885 g/mol. The van der Waals surface area contributed by atoms with Crippen molar-refractivity contribution in [1.29, 1.82) is 0 Å². The molecule has 3 amide bonds. The molecule has 3 aliphatic carbocycles. The van der Waals surface area contributed by atoms with Gasteiger partial charge in [-0.15, -0.1) is 0 Å². The molecule has 0 radical (unpaired) electrons. The van der Waals surface area contributed by atoms with Gasteiger partial charge in [0.05, 0.1) is 30.2 Å².